The van der Waals surface area contributed by atoms with Crippen LogP contribution in [0.5, 0.6) is 0 Å². The third-order valence-electron chi connectivity index (χ3n) is 2.35. The lowest BCUT2D eigenvalue weighted by Gasteiger charge is -2.00. The van der Waals surface area contributed by atoms with Crippen molar-refractivity contribution in [1.82, 2.24) is 15.1 Å². The topological polar surface area (TPSA) is 29.9 Å². The molecule has 0 atom stereocenters. The summed E-state index contributed by atoms with van der Waals surface area (Å²) in [5, 5.41) is 7.53. The molecular formula is C12H14BrN3S. The maximum Gasteiger partial charge on any atom is 0.0701 e. The van der Waals surface area contributed by atoms with Gasteiger partial charge in [0.2, 0.25) is 0 Å². The molecule has 0 aliphatic rings. The van der Waals surface area contributed by atoms with Gasteiger partial charge in [-0.2, -0.15) is 5.10 Å². The van der Waals surface area contributed by atoms with E-state index in [4.69, 9.17) is 0 Å². The van der Waals surface area contributed by atoms with E-state index in [-0.39, 0.29) is 0 Å². The highest BCUT2D eigenvalue weighted by Gasteiger charge is 1.99. The minimum Gasteiger partial charge on any atom is -0.312 e. The van der Waals surface area contributed by atoms with Crippen molar-refractivity contribution < 1.29 is 0 Å². The van der Waals surface area contributed by atoms with E-state index in [1.807, 2.05) is 12.4 Å². The van der Waals surface area contributed by atoms with Crippen molar-refractivity contribution in [2.24, 2.45) is 0 Å². The van der Waals surface area contributed by atoms with Gasteiger partial charge in [0.1, 0.15) is 0 Å². The summed E-state index contributed by atoms with van der Waals surface area (Å²) in [6.45, 7) is 5.49. The van der Waals surface area contributed by atoms with Crippen molar-refractivity contribution in [1.29, 1.82) is 0 Å². The molecule has 2 aromatic rings. The zero-order chi connectivity index (χ0) is 12.1. The van der Waals surface area contributed by atoms with Crippen molar-refractivity contribution in [3.05, 3.63) is 45.3 Å². The number of thiophene rings is 1. The number of aromatic nitrogens is 2. The fourth-order valence-electron chi connectivity index (χ4n) is 1.50. The van der Waals surface area contributed by atoms with Crippen LogP contribution in [0.4, 0.5) is 0 Å². The van der Waals surface area contributed by atoms with Crippen LogP contribution in [0.3, 0.4) is 0 Å². The van der Waals surface area contributed by atoms with E-state index >= 15 is 0 Å². The van der Waals surface area contributed by atoms with Gasteiger partial charge >= 0.3 is 0 Å². The number of hydrogen-bond acceptors (Lipinski definition) is 3. The molecule has 0 unspecified atom stereocenters. The number of hydrogen-bond donors (Lipinski definition) is 1. The van der Waals surface area contributed by atoms with Crippen LogP contribution in [0.2, 0.25) is 0 Å². The average Bonchev–Trinajstić information content (AvgIpc) is 2.93. The lowest BCUT2D eigenvalue weighted by atomic mass is 10.3. The summed E-state index contributed by atoms with van der Waals surface area (Å²) in [5.74, 6) is 0. The summed E-state index contributed by atoms with van der Waals surface area (Å²) < 4.78 is 2.91. The van der Waals surface area contributed by atoms with Gasteiger partial charge < -0.3 is 5.32 Å². The summed E-state index contributed by atoms with van der Waals surface area (Å²) in [5.41, 5.74) is 1.18. The number of rotatable bonds is 6. The van der Waals surface area contributed by atoms with Crippen LogP contribution in [0, 0.1) is 0 Å². The molecule has 0 aromatic carbocycles. The highest BCUT2D eigenvalue weighted by molar-refractivity contribution is 9.11. The standard InChI is InChI=1S/C12H14BrN3S/c1-2-16-9-10(8-15-16)7-14-6-5-11-3-4-12(13)17-11/h2-4,8-9,14H,1,5-7H2. The quantitative estimate of drug-likeness (QED) is 0.831. The molecule has 0 spiro atoms. The number of nitrogens with one attached hydrogen (secondary N) is 1. The predicted molar refractivity (Wildman–Crippen MR) is 76.0 cm³/mol. The van der Waals surface area contributed by atoms with E-state index < -0.39 is 0 Å². The van der Waals surface area contributed by atoms with Gasteiger partial charge in [-0.3, -0.25) is 0 Å². The van der Waals surface area contributed by atoms with E-state index in [1.54, 1.807) is 22.2 Å². The zero-order valence-corrected chi connectivity index (χ0v) is 11.8. The minimum atomic E-state index is 0.848. The predicted octanol–water partition coefficient (Wildman–Crippen LogP) is 3.14. The summed E-state index contributed by atoms with van der Waals surface area (Å²) >= 11 is 5.25. The molecule has 3 nitrogen and oxygen atoms in total. The highest BCUT2D eigenvalue weighted by atomic mass is 79.9. The monoisotopic (exact) mass is 311 g/mol. The second-order valence-corrected chi connectivity index (χ2v) is 6.19. The van der Waals surface area contributed by atoms with Gasteiger partial charge in [0.15, 0.2) is 0 Å². The first-order chi connectivity index (χ1) is 8.28. The van der Waals surface area contributed by atoms with Crippen LogP contribution >= 0.6 is 27.3 Å². The van der Waals surface area contributed by atoms with E-state index in [2.05, 4.69) is 45.1 Å². The van der Waals surface area contributed by atoms with Gasteiger partial charge in [-0.05, 0) is 34.5 Å². The first-order valence-corrected chi connectivity index (χ1v) is 6.99. The second kappa shape index (κ2) is 6.14. The Balaban J connectivity index is 1.71. The van der Waals surface area contributed by atoms with E-state index in [1.165, 1.54) is 14.2 Å². The Kier molecular flexibility index (Phi) is 4.53. The molecular weight excluding hydrogens is 298 g/mol. The fraction of sp³-hybridized carbons (Fsp3) is 0.250. The summed E-state index contributed by atoms with van der Waals surface area (Å²) in [7, 11) is 0. The van der Waals surface area contributed by atoms with Gasteiger partial charge in [-0.1, -0.05) is 6.58 Å². The fourth-order valence-corrected chi connectivity index (χ4v) is 2.98. The first-order valence-electron chi connectivity index (χ1n) is 5.38. The molecule has 0 radical (unpaired) electrons. The van der Waals surface area contributed by atoms with Crippen LogP contribution in [0.1, 0.15) is 10.4 Å². The van der Waals surface area contributed by atoms with E-state index in [0.717, 1.165) is 19.5 Å². The normalized spacial score (nSPS) is 10.6. The number of nitrogens with zero attached hydrogens (tertiary/aromatic N) is 2. The van der Waals surface area contributed by atoms with Gasteiger partial charge in [-0.15, -0.1) is 11.3 Å². The first kappa shape index (κ1) is 12.5. The van der Waals surface area contributed by atoms with Gasteiger partial charge in [-0.25, -0.2) is 4.68 Å². The lowest BCUT2D eigenvalue weighted by Crippen LogP contribution is -2.15. The smallest absolute Gasteiger partial charge is 0.0701 e. The van der Waals surface area contributed by atoms with Gasteiger partial charge in [0, 0.05) is 35.9 Å². The Morgan fingerprint density at radius 3 is 3.06 bits per heavy atom. The molecule has 1 N–H and O–H groups in total. The zero-order valence-electron chi connectivity index (χ0n) is 9.40. The van der Waals surface area contributed by atoms with Gasteiger partial charge in [0.25, 0.3) is 0 Å². The molecule has 2 heterocycles. The van der Waals surface area contributed by atoms with E-state index in [9.17, 15) is 0 Å². The highest BCUT2D eigenvalue weighted by Crippen LogP contribution is 2.22. The Labute approximate surface area is 113 Å². The minimum absolute atomic E-state index is 0.848. The van der Waals surface area contributed by atoms with Crippen molar-refractivity contribution in [2.45, 2.75) is 13.0 Å². The second-order valence-electron chi connectivity index (χ2n) is 3.64. The Bertz CT molecular complexity index is 489. The molecule has 2 aromatic heterocycles. The molecule has 0 fully saturated rings. The summed E-state index contributed by atoms with van der Waals surface area (Å²) in [6.07, 6.45) is 6.58. The van der Waals surface area contributed by atoms with Gasteiger partial charge in [0.05, 0.1) is 9.98 Å². The van der Waals surface area contributed by atoms with Crippen molar-refractivity contribution in [3.63, 3.8) is 0 Å². The average molecular weight is 312 g/mol. The molecule has 90 valence electrons. The molecule has 17 heavy (non-hydrogen) atoms. The maximum absolute atomic E-state index is 4.13. The molecule has 5 heteroatoms. The maximum atomic E-state index is 4.13. The van der Waals surface area contributed by atoms with Crippen molar-refractivity contribution >= 4 is 33.5 Å². The molecule has 0 amide bonds. The Morgan fingerprint density at radius 1 is 1.53 bits per heavy atom. The largest absolute Gasteiger partial charge is 0.312 e. The van der Waals surface area contributed by atoms with Crippen LogP contribution in [0.25, 0.3) is 6.20 Å². The molecule has 0 saturated carbocycles. The third-order valence-corrected chi connectivity index (χ3v) is 4.03. The van der Waals surface area contributed by atoms with E-state index in [0.29, 0.717) is 0 Å². The third kappa shape index (κ3) is 3.80. The van der Waals surface area contributed by atoms with Crippen molar-refractivity contribution in [2.75, 3.05) is 6.54 Å². The molecule has 2 rings (SSSR count). The van der Waals surface area contributed by atoms with Crippen molar-refractivity contribution in [3.8, 4) is 0 Å². The Morgan fingerprint density at radius 2 is 2.41 bits per heavy atom. The Hall–Kier alpha value is -0.910. The molecule has 0 aliphatic carbocycles. The van der Waals surface area contributed by atoms with Crippen LogP contribution in [-0.2, 0) is 13.0 Å². The summed E-state index contributed by atoms with van der Waals surface area (Å²) in [4.78, 5) is 1.39. The molecule has 0 aliphatic heterocycles. The number of halogens is 1. The summed E-state index contributed by atoms with van der Waals surface area (Å²) in [6, 6.07) is 4.25. The van der Waals surface area contributed by atoms with Crippen LogP contribution in [0.15, 0.2) is 34.9 Å². The lowest BCUT2D eigenvalue weighted by molar-refractivity contribution is 0.690. The SMILES string of the molecule is C=Cn1cc(CNCCc2ccc(Br)s2)cn1. The molecule has 0 bridgehead atoms. The molecule has 0 saturated heterocycles. The van der Waals surface area contributed by atoms with Crippen LogP contribution < -0.4 is 5.32 Å². The van der Waals surface area contributed by atoms with Crippen LogP contribution in [-0.4, -0.2) is 16.3 Å².